The minimum atomic E-state index is -2.82. The van der Waals surface area contributed by atoms with Crippen molar-refractivity contribution in [1.82, 2.24) is 14.7 Å². The van der Waals surface area contributed by atoms with Crippen LogP contribution in [0.5, 0.6) is 0 Å². The van der Waals surface area contributed by atoms with Crippen LogP contribution in [0.1, 0.15) is 29.7 Å². The average molecular weight is 450 g/mol. The fraction of sp³-hybridized carbons (Fsp3) is 0.400. The number of benzene rings is 1. The highest BCUT2D eigenvalue weighted by molar-refractivity contribution is 5.98. The highest BCUT2D eigenvalue weighted by Crippen LogP contribution is 2.46. The number of nitriles is 1. The Morgan fingerprint density at radius 1 is 1.44 bits per heavy atom. The number of hydrogen-bond acceptors (Lipinski definition) is 5. The van der Waals surface area contributed by atoms with E-state index in [1.54, 1.807) is 6.07 Å². The number of carbonyl (C=O) groups is 2. The van der Waals surface area contributed by atoms with Gasteiger partial charge in [0.05, 0.1) is 18.8 Å². The van der Waals surface area contributed by atoms with Crippen LogP contribution in [0.15, 0.2) is 30.5 Å². The molecule has 1 saturated heterocycles. The molecule has 1 aliphatic heterocycles. The number of piperidine rings is 1. The zero-order valence-corrected chi connectivity index (χ0v) is 17.0. The summed E-state index contributed by atoms with van der Waals surface area (Å²) in [6.07, 6.45) is -0.394. The maximum Gasteiger partial charge on any atom is 0.409 e. The molecule has 1 aliphatic rings. The van der Waals surface area contributed by atoms with Gasteiger partial charge in [-0.05, 0) is 30.7 Å². The van der Waals surface area contributed by atoms with Gasteiger partial charge in [-0.15, -0.1) is 0 Å². The second-order valence-electron chi connectivity index (χ2n) is 7.55. The smallest absolute Gasteiger partial charge is 0.409 e. The second-order valence-corrected chi connectivity index (χ2v) is 7.55. The van der Waals surface area contributed by atoms with Crippen LogP contribution in [0.4, 0.5) is 29.5 Å². The summed E-state index contributed by atoms with van der Waals surface area (Å²) in [6.45, 7) is -0.318. The predicted molar refractivity (Wildman–Crippen MR) is 107 cm³/mol. The Hall–Kier alpha value is -3.75. The normalized spacial score (nSPS) is 23.9. The molecular formula is C20H21F3N6O3. The molecule has 2 unspecified atom stereocenters. The lowest BCUT2D eigenvalue weighted by molar-refractivity contribution is -0.131. The lowest BCUT2D eigenvalue weighted by Gasteiger charge is -2.48. The summed E-state index contributed by atoms with van der Waals surface area (Å²) in [5.74, 6) is -7.20. The number of likely N-dealkylation sites (tertiary alicyclic amines) is 1. The average Bonchev–Trinajstić information content (AvgIpc) is 3.17. The summed E-state index contributed by atoms with van der Waals surface area (Å²) in [6, 6.07) is 5.94. The topological polar surface area (TPSA) is 137 Å². The van der Waals surface area contributed by atoms with Crippen LogP contribution in [-0.2, 0) is 0 Å². The summed E-state index contributed by atoms with van der Waals surface area (Å²) in [5, 5.41) is 26.2. The standard InChI is InChI=1S/C20H21F3N6O3/c1-11(8-21)20(23)15(9-24)16(6-7-28(20)19(31)32)29-10-14(17(25)30)18(27-29)26-13-4-2-12(22)3-5-13/h2-5,10-11,15-16H,6-8H2,1H3,(H2,25,30)(H,26,27)(H,31,32)/t11?,15-,16-,20?/m0/s1. The van der Waals surface area contributed by atoms with Gasteiger partial charge in [0.15, 0.2) is 5.82 Å². The van der Waals surface area contributed by atoms with E-state index in [-0.39, 0.29) is 24.3 Å². The van der Waals surface area contributed by atoms with Crippen molar-refractivity contribution in [3.05, 3.63) is 41.8 Å². The molecule has 0 radical (unpaired) electrons. The molecule has 0 aliphatic carbocycles. The molecule has 2 aromatic rings. The maximum atomic E-state index is 16.0. The summed E-state index contributed by atoms with van der Waals surface area (Å²) in [5.41, 5.74) is 5.74. The molecule has 2 heterocycles. The Kier molecular flexibility index (Phi) is 6.29. The molecule has 1 aromatic heterocycles. The van der Waals surface area contributed by atoms with Crippen molar-refractivity contribution in [3.8, 4) is 6.07 Å². The molecule has 3 rings (SSSR count). The van der Waals surface area contributed by atoms with Gasteiger partial charge in [0.25, 0.3) is 5.91 Å². The summed E-state index contributed by atoms with van der Waals surface area (Å²) in [4.78, 5) is 24.0. The third-order valence-corrected chi connectivity index (χ3v) is 5.62. The van der Waals surface area contributed by atoms with Crippen molar-refractivity contribution in [2.45, 2.75) is 25.2 Å². The number of alkyl halides is 2. The van der Waals surface area contributed by atoms with Gasteiger partial charge in [-0.25, -0.2) is 13.6 Å². The van der Waals surface area contributed by atoms with Gasteiger partial charge < -0.3 is 16.2 Å². The van der Waals surface area contributed by atoms with Crippen LogP contribution in [0.2, 0.25) is 0 Å². The van der Waals surface area contributed by atoms with Crippen molar-refractivity contribution in [3.63, 3.8) is 0 Å². The number of rotatable bonds is 6. The molecular weight excluding hydrogens is 429 g/mol. The largest absolute Gasteiger partial charge is 0.465 e. The van der Waals surface area contributed by atoms with Crippen LogP contribution in [0, 0.1) is 29.0 Å². The van der Waals surface area contributed by atoms with E-state index in [0.717, 1.165) is 4.68 Å². The van der Waals surface area contributed by atoms with E-state index in [9.17, 15) is 28.7 Å². The molecule has 2 amide bonds. The van der Waals surface area contributed by atoms with Crippen molar-refractivity contribution in [1.29, 1.82) is 5.26 Å². The highest BCUT2D eigenvalue weighted by atomic mass is 19.2. The van der Waals surface area contributed by atoms with Crippen molar-refractivity contribution < 1.29 is 27.9 Å². The van der Waals surface area contributed by atoms with Crippen LogP contribution >= 0.6 is 0 Å². The maximum absolute atomic E-state index is 16.0. The van der Waals surface area contributed by atoms with Crippen molar-refractivity contribution >= 4 is 23.5 Å². The number of nitrogens with one attached hydrogen (secondary N) is 1. The summed E-state index contributed by atoms with van der Waals surface area (Å²) < 4.78 is 43.8. The fourth-order valence-corrected chi connectivity index (χ4v) is 3.93. The molecule has 0 bridgehead atoms. The predicted octanol–water partition coefficient (Wildman–Crippen LogP) is 3.20. The van der Waals surface area contributed by atoms with Crippen LogP contribution in [0.3, 0.4) is 0 Å². The lowest BCUT2D eigenvalue weighted by atomic mass is 9.77. The number of primary amides is 1. The minimum absolute atomic E-state index is 0.00886. The monoisotopic (exact) mass is 450 g/mol. The van der Waals surface area contributed by atoms with Crippen molar-refractivity contribution in [2.75, 3.05) is 18.5 Å². The molecule has 4 atom stereocenters. The molecule has 4 N–H and O–H groups in total. The van der Waals surface area contributed by atoms with E-state index >= 15 is 4.39 Å². The number of nitrogens with two attached hydrogens (primary N) is 1. The van der Waals surface area contributed by atoms with Gasteiger partial charge in [0.1, 0.15) is 17.3 Å². The van der Waals surface area contributed by atoms with Crippen LogP contribution in [0.25, 0.3) is 0 Å². The number of aromatic nitrogens is 2. The van der Waals surface area contributed by atoms with Gasteiger partial charge in [0, 0.05) is 24.3 Å². The number of hydrogen-bond donors (Lipinski definition) is 3. The first-order valence-corrected chi connectivity index (χ1v) is 9.70. The first kappa shape index (κ1) is 22.9. The Labute approximate surface area is 181 Å². The Bertz CT molecular complexity index is 1050. The lowest BCUT2D eigenvalue weighted by Crippen LogP contribution is -2.62. The van der Waals surface area contributed by atoms with Gasteiger partial charge in [-0.3, -0.25) is 18.8 Å². The SMILES string of the molecule is CC(CF)C1(F)[C@@H](C#N)[C@@H](n2cc(C(N)=O)c(Nc3ccc(F)cc3)n2)CCN1C(=O)O. The number of anilines is 2. The molecule has 170 valence electrons. The third-order valence-electron chi connectivity index (χ3n) is 5.62. The summed E-state index contributed by atoms with van der Waals surface area (Å²) in [7, 11) is 0. The molecule has 32 heavy (non-hydrogen) atoms. The van der Waals surface area contributed by atoms with Gasteiger partial charge >= 0.3 is 6.09 Å². The van der Waals surface area contributed by atoms with E-state index in [1.165, 1.54) is 37.4 Å². The summed E-state index contributed by atoms with van der Waals surface area (Å²) >= 11 is 0. The number of carboxylic acid groups (broad SMARTS) is 1. The molecule has 1 fully saturated rings. The number of nitrogens with zero attached hydrogens (tertiary/aromatic N) is 4. The quantitative estimate of drug-likeness (QED) is 0.578. The number of carbonyl (C=O) groups excluding carboxylic acids is 1. The first-order valence-electron chi connectivity index (χ1n) is 9.70. The second kappa shape index (κ2) is 8.78. The van der Waals surface area contributed by atoms with Gasteiger partial charge in [-0.2, -0.15) is 10.4 Å². The van der Waals surface area contributed by atoms with E-state index in [0.29, 0.717) is 10.6 Å². The minimum Gasteiger partial charge on any atom is -0.465 e. The van der Waals surface area contributed by atoms with Gasteiger partial charge in [-0.1, -0.05) is 6.92 Å². The van der Waals surface area contributed by atoms with E-state index in [1.807, 2.05) is 0 Å². The molecule has 12 heteroatoms. The van der Waals surface area contributed by atoms with Gasteiger partial charge in [0.2, 0.25) is 5.79 Å². The molecule has 0 saturated carbocycles. The zero-order valence-electron chi connectivity index (χ0n) is 17.0. The highest BCUT2D eigenvalue weighted by Gasteiger charge is 2.58. The van der Waals surface area contributed by atoms with E-state index < -0.39 is 48.2 Å². The molecule has 9 nitrogen and oxygen atoms in total. The van der Waals surface area contributed by atoms with Crippen LogP contribution < -0.4 is 11.1 Å². The van der Waals surface area contributed by atoms with Crippen molar-refractivity contribution in [2.24, 2.45) is 17.6 Å². The van der Waals surface area contributed by atoms with E-state index in [4.69, 9.17) is 5.73 Å². The Morgan fingerprint density at radius 3 is 2.62 bits per heavy atom. The third kappa shape index (κ3) is 3.93. The zero-order chi connectivity index (χ0) is 23.6. The molecule has 0 spiro atoms. The fourth-order valence-electron chi connectivity index (χ4n) is 3.93. The number of halogens is 3. The Balaban J connectivity index is 2.02. The Morgan fingerprint density at radius 2 is 2.09 bits per heavy atom. The molecule has 1 aromatic carbocycles. The number of amides is 2. The van der Waals surface area contributed by atoms with E-state index in [2.05, 4.69) is 10.4 Å². The first-order chi connectivity index (χ1) is 15.1. The van der Waals surface area contributed by atoms with Crippen LogP contribution in [-0.4, -0.2) is 50.8 Å².